The molecular weight excluding hydrogens is 933 g/mol. The first-order chi connectivity index (χ1) is 36.9. The number of anilines is 2. The van der Waals surface area contributed by atoms with Gasteiger partial charge in [0, 0.05) is 104 Å². The van der Waals surface area contributed by atoms with Gasteiger partial charge in [0.15, 0.2) is 0 Å². The molecule has 0 spiro atoms. The monoisotopic (exact) mass is 1040 g/mol. The van der Waals surface area contributed by atoms with Crippen LogP contribution in [-0.2, 0) is 18.9 Å². The maximum atomic E-state index is 8.76. The highest BCUT2D eigenvalue weighted by Gasteiger charge is 2.51. The van der Waals surface area contributed by atoms with Gasteiger partial charge < -0.3 is 39.0 Å². The number of methoxy groups -OCH3 is 4. The predicted octanol–water partition coefficient (Wildman–Crippen LogP) is 13.7. The number of rotatable bonds is 35. The van der Waals surface area contributed by atoms with E-state index in [1.165, 1.54) is 132 Å². The molecule has 5 fully saturated rings. The molecule has 10 heteroatoms. The van der Waals surface area contributed by atoms with Crippen LogP contribution in [0.1, 0.15) is 162 Å². The second-order valence-electron chi connectivity index (χ2n) is 22.7. The smallest absolute Gasteiger partial charge is 0.0558 e. The summed E-state index contributed by atoms with van der Waals surface area (Å²) in [5.41, 5.74) is 3.22. The van der Waals surface area contributed by atoms with E-state index in [1.807, 2.05) is 7.11 Å². The molecule has 3 aromatic rings. The van der Waals surface area contributed by atoms with E-state index >= 15 is 0 Å². The van der Waals surface area contributed by atoms with Crippen LogP contribution in [-0.4, -0.2) is 158 Å². The molecule has 10 nitrogen and oxygen atoms in total. The zero-order valence-electron chi connectivity index (χ0n) is 48.9. The first-order valence-corrected chi connectivity index (χ1v) is 30.5. The Labute approximate surface area is 459 Å². The van der Waals surface area contributed by atoms with Crippen LogP contribution in [0.3, 0.4) is 0 Å². The summed E-state index contributed by atoms with van der Waals surface area (Å²) in [6.07, 6.45) is 31.5. The number of hydrogen-bond donors (Lipinski definition) is 2. The minimum Gasteiger partial charge on any atom is -0.395 e. The fourth-order valence-electron chi connectivity index (χ4n) is 13.3. The van der Waals surface area contributed by atoms with E-state index in [1.54, 1.807) is 59.9 Å². The van der Waals surface area contributed by atoms with Crippen LogP contribution in [0.2, 0.25) is 0 Å². The number of ether oxygens (including phenoxy) is 4. The topological polar surface area (TPSA) is 90.3 Å². The maximum Gasteiger partial charge on any atom is 0.0558 e. The fraction of sp³-hybridized carbons (Fsp3) is 0.754. The zero-order valence-corrected chi connectivity index (χ0v) is 48.9. The first-order valence-electron chi connectivity index (χ1n) is 30.5. The van der Waals surface area contributed by atoms with Crippen molar-refractivity contribution in [3.8, 4) is 0 Å². The van der Waals surface area contributed by atoms with Gasteiger partial charge in [-0.25, -0.2) is 0 Å². The molecule has 0 heterocycles. The van der Waals surface area contributed by atoms with Crippen molar-refractivity contribution in [1.82, 2.24) is 14.7 Å². The Morgan fingerprint density at radius 1 is 0.480 bits per heavy atom. The van der Waals surface area contributed by atoms with Gasteiger partial charge in [-0.1, -0.05) is 107 Å². The summed E-state index contributed by atoms with van der Waals surface area (Å²) in [6, 6.07) is 26.6. The minimum atomic E-state index is 0.165. The van der Waals surface area contributed by atoms with Gasteiger partial charge in [-0.2, -0.15) is 0 Å². The minimum absolute atomic E-state index is 0.165. The number of benzene rings is 3. The van der Waals surface area contributed by atoms with E-state index in [4.69, 9.17) is 29.2 Å². The van der Waals surface area contributed by atoms with Crippen LogP contribution in [0.15, 0.2) is 72.8 Å². The molecule has 3 aromatic carbocycles. The quantitative estimate of drug-likeness (QED) is 0.0555. The van der Waals surface area contributed by atoms with Gasteiger partial charge in [-0.15, -0.1) is 0 Å². The van der Waals surface area contributed by atoms with Crippen molar-refractivity contribution in [2.75, 3.05) is 132 Å². The van der Waals surface area contributed by atoms with Crippen molar-refractivity contribution in [2.45, 2.75) is 168 Å². The largest absolute Gasteiger partial charge is 0.395 e. The van der Waals surface area contributed by atoms with Crippen LogP contribution < -0.4 is 4.90 Å². The van der Waals surface area contributed by atoms with Crippen molar-refractivity contribution in [3.05, 3.63) is 72.8 Å². The molecule has 5 aliphatic rings. The molecule has 0 amide bonds. The standard InChI is InChI=1S/C22H39NO.C21H23NO.C12H27NO.C10H23NO3/c1-24-10-6-5-9-23(21-7-3-2-4-8-21)17-22-14-18-11-19(15-22)13-20(12-18)16-22;1-23-17-8-7-16-22(19-12-3-2-4-13-19)21-15-9-11-18-10-5-6-14-20(18)21;1-4-13(5-2)11-9-7-6-8-10-12-14-3;1-14-10-4-2-3-5-11(6-8-12)7-9-13/h18-21H,2-17H2,1H3;2-6,9-15H,7-8,16-17H2,1H3;4-12H2,1-3H3;12-13H,2-10H2,1H3. The van der Waals surface area contributed by atoms with Crippen molar-refractivity contribution < 1.29 is 29.2 Å². The Bertz CT molecular complexity index is 1750. The highest BCUT2D eigenvalue weighted by atomic mass is 16.5. The summed E-state index contributed by atoms with van der Waals surface area (Å²) >= 11 is 0. The lowest BCUT2D eigenvalue weighted by Crippen LogP contribution is -2.53. The maximum absolute atomic E-state index is 8.76. The van der Waals surface area contributed by atoms with Gasteiger partial charge in [0.25, 0.3) is 0 Å². The van der Waals surface area contributed by atoms with E-state index in [0.717, 1.165) is 95.4 Å². The summed E-state index contributed by atoms with van der Waals surface area (Å²) in [7, 11) is 7.10. The van der Waals surface area contributed by atoms with E-state index in [9.17, 15) is 0 Å². The molecule has 0 aromatic heterocycles. The fourth-order valence-corrected chi connectivity index (χ4v) is 13.3. The molecule has 0 atom stereocenters. The molecule has 8 rings (SSSR count). The van der Waals surface area contributed by atoms with Crippen LogP contribution in [0, 0.1) is 23.2 Å². The van der Waals surface area contributed by atoms with Gasteiger partial charge in [-0.3, -0.25) is 9.80 Å². The van der Waals surface area contributed by atoms with Gasteiger partial charge in [0.2, 0.25) is 0 Å². The third kappa shape index (κ3) is 25.4. The molecule has 2 N–H and O–H groups in total. The molecule has 0 radical (unpaired) electrons. The molecule has 0 aliphatic heterocycles. The number of aliphatic hydroxyl groups excluding tert-OH is 2. The Hall–Kier alpha value is -2.64. The number of nitrogens with zero attached hydrogens (tertiary/aromatic N) is 4. The Morgan fingerprint density at radius 3 is 1.51 bits per heavy atom. The summed E-state index contributed by atoms with van der Waals surface area (Å²) in [5, 5.41) is 20.1. The normalized spacial score (nSPS) is 20.0. The molecule has 428 valence electrons. The second-order valence-corrected chi connectivity index (χ2v) is 22.7. The predicted molar refractivity (Wildman–Crippen MR) is 318 cm³/mol. The number of fused-ring (bicyclic) bond motifs is 1. The highest BCUT2D eigenvalue weighted by molar-refractivity contribution is 5.96. The summed E-state index contributed by atoms with van der Waals surface area (Å²) in [6.45, 7) is 18.0. The first kappa shape index (κ1) is 64.9. The van der Waals surface area contributed by atoms with Gasteiger partial charge >= 0.3 is 0 Å². The SMILES string of the molecule is CCN(CC)CCCCCCCOC.COCCCCCN(CCO)CCO.COCCCCN(CC12CC3CC(CC(C3)C1)C2)C1CCCCC1.COCCCCN(c1ccccc1)c1cccc2ccccc12. The van der Waals surface area contributed by atoms with E-state index in [0.29, 0.717) is 18.5 Å². The molecule has 5 saturated carbocycles. The van der Waals surface area contributed by atoms with Crippen molar-refractivity contribution in [1.29, 1.82) is 0 Å². The molecular formula is C65H112N4O6. The zero-order chi connectivity index (χ0) is 53.6. The van der Waals surface area contributed by atoms with Crippen LogP contribution >= 0.6 is 0 Å². The Morgan fingerprint density at radius 2 is 0.947 bits per heavy atom. The Balaban J connectivity index is 0.000000224. The van der Waals surface area contributed by atoms with Gasteiger partial charge in [0.1, 0.15) is 0 Å². The molecule has 4 bridgehead atoms. The lowest BCUT2D eigenvalue weighted by Gasteiger charge is -2.58. The number of para-hydroxylation sites is 1. The van der Waals surface area contributed by atoms with E-state index in [2.05, 4.69) is 106 Å². The average molecular weight is 1050 g/mol. The molecule has 0 unspecified atom stereocenters. The van der Waals surface area contributed by atoms with Crippen LogP contribution in [0.25, 0.3) is 10.8 Å². The van der Waals surface area contributed by atoms with Gasteiger partial charge in [-0.05, 0) is 189 Å². The number of aliphatic hydroxyl groups is 2. The third-order valence-electron chi connectivity index (χ3n) is 16.8. The van der Waals surface area contributed by atoms with Crippen molar-refractivity contribution in [2.24, 2.45) is 23.2 Å². The third-order valence-corrected chi connectivity index (χ3v) is 16.8. The number of hydrogen-bond acceptors (Lipinski definition) is 10. The van der Waals surface area contributed by atoms with Crippen molar-refractivity contribution in [3.63, 3.8) is 0 Å². The lowest BCUT2D eigenvalue weighted by atomic mass is 9.49. The second kappa shape index (κ2) is 40.5. The lowest BCUT2D eigenvalue weighted by molar-refractivity contribution is -0.0766. The van der Waals surface area contributed by atoms with Crippen LogP contribution in [0.4, 0.5) is 11.4 Å². The van der Waals surface area contributed by atoms with Gasteiger partial charge in [0.05, 0.1) is 13.2 Å². The van der Waals surface area contributed by atoms with Crippen molar-refractivity contribution >= 4 is 22.1 Å². The average Bonchev–Trinajstić information content (AvgIpc) is 3.43. The highest BCUT2D eigenvalue weighted by Crippen LogP contribution is 2.60. The molecule has 75 heavy (non-hydrogen) atoms. The molecule has 5 aliphatic carbocycles. The summed E-state index contributed by atoms with van der Waals surface area (Å²) < 4.78 is 20.4. The van der Waals surface area contributed by atoms with E-state index in [-0.39, 0.29) is 13.2 Å². The van der Waals surface area contributed by atoms with Crippen LogP contribution in [0.5, 0.6) is 0 Å². The Kier molecular flexibility index (Phi) is 35.1. The number of unbranched alkanes of at least 4 members (excludes halogenated alkanes) is 8. The summed E-state index contributed by atoms with van der Waals surface area (Å²) in [4.78, 5) is 9.96. The van der Waals surface area contributed by atoms with E-state index < -0.39 is 0 Å². The summed E-state index contributed by atoms with van der Waals surface area (Å²) in [5.74, 6) is 3.29. The molecule has 0 saturated heterocycles.